The van der Waals surface area contributed by atoms with E-state index in [4.69, 9.17) is 6.42 Å². The van der Waals surface area contributed by atoms with Crippen LogP contribution < -0.4 is 0 Å². The van der Waals surface area contributed by atoms with E-state index >= 15 is 0 Å². The third kappa shape index (κ3) is 1.56. The van der Waals surface area contributed by atoms with Crippen LogP contribution in [0.2, 0.25) is 0 Å². The summed E-state index contributed by atoms with van der Waals surface area (Å²) in [7, 11) is 0. The Labute approximate surface area is 98.8 Å². The molecule has 0 saturated carbocycles. The summed E-state index contributed by atoms with van der Waals surface area (Å²) in [6.07, 6.45) is 10.8. The first-order valence-corrected chi connectivity index (χ1v) is 5.24. The van der Waals surface area contributed by atoms with Gasteiger partial charge in [0.15, 0.2) is 5.65 Å². The molecule has 0 atom stereocenters. The highest BCUT2D eigenvalue weighted by Gasteiger charge is 2.08. The molecular formula is C14H9N3. The number of hydrogen-bond donors (Lipinski definition) is 0. The maximum Gasteiger partial charge on any atom is 0.163 e. The smallest absolute Gasteiger partial charge is 0.163 e. The van der Waals surface area contributed by atoms with E-state index in [0.717, 1.165) is 16.9 Å². The first kappa shape index (κ1) is 9.61. The van der Waals surface area contributed by atoms with Gasteiger partial charge in [0, 0.05) is 24.2 Å². The molecule has 3 aromatic rings. The largest absolute Gasteiger partial charge is 0.302 e. The lowest BCUT2D eigenvalue weighted by Gasteiger charge is -2.04. The van der Waals surface area contributed by atoms with E-state index < -0.39 is 0 Å². The van der Waals surface area contributed by atoms with Gasteiger partial charge < -0.3 is 4.40 Å². The maximum atomic E-state index is 5.41. The van der Waals surface area contributed by atoms with Crippen LogP contribution >= 0.6 is 0 Å². The van der Waals surface area contributed by atoms with Gasteiger partial charge in [0.25, 0.3) is 0 Å². The second-order valence-corrected chi connectivity index (χ2v) is 3.64. The molecule has 0 aliphatic rings. The van der Waals surface area contributed by atoms with Crippen molar-refractivity contribution < 1.29 is 0 Å². The molecule has 17 heavy (non-hydrogen) atoms. The minimum absolute atomic E-state index is 0.606. The molecule has 2 heterocycles. The molecule has 0 amide bonds. The summed E-state index contributed by atoms with van der Waals surface area (Å²) in [5.41, 5.74) is 3.25. The van der Waals surface area contributed by atoms with Crippen molar-refractivity contribution in [3.8, 4) is 23.6 Å². The highest BCUT2D eigenvalue weighted by molar-refractivity contribution is 5.74. The fourth-order valence-electron chi connectivity index (χ4n) is 1.79. The van der Waals surface area contributed by atoms with Crippen LogP contribution in [0.5, 0.6) is 0 Å². The highest BCUT2D eigenvalue weighted by Crippen LogP contribution is 2.21. The van der Waals surface area contributed by atoms with Crippen LogP contribution in [0.25, 0.3) is 16.9 Å². The molecule has 3 nitrogen and oxygen atoms in total. The zero-order chi connectivity index (χ0) is 11.7. The molecule has 0 N–H and O–H groups in total. The minimum Gasteiger partial charge on any atom is -0.302 e. The number of imidazole rings is 1. The summed E-state index contributed by atoms with van der Waals surface area (Å²) in [6, 6.07) is 9.91. The zero-order valence-corrected chi connectivity index (χ0v) is 9.04. The Morgan fingerprint density at radius 1 is 1.18 bits per heavy atom. The van der Waals surface area contributed by atoms with Gasteiger partial charge in [0.2, 0.25) is 0 Å². The van der Waals surface area contributed by atoms with Crippen molar-refractivity contribution in [2.75, 3.05) is 0 Å². The Morgan fingerprint density at radius 2 is 2.00 bits per heavy atom. The fourth-order valence-corrected chi connectivity index (χ4v) is 1.79. The van der Waals surface area contributed by atoms with Crippen LogP contribution in [-0.4, -0.2) is 14.4 Å². The van der Waals surface area contributed by atoms with E-state index in [0.29, 0.717) is 5.69 Å². The molecule has 0 spiro atoms. The van der Waals surface area contributed by atoms with E-state index in [2.05, 4.69) is 15.9 Å². The summed E-state index contributed by atoms with van der Waals surface area (Å²) >= 11 is 0. The predicted molar refractivity (Wildman–Crippen MR) is 66.4 cm³/mol. The Hall–Kier alpha value is -2.60. The first-order valence-electron chi connectivity index (χ1n) is 5.24. The van der Waals surface area contributed by atoms with E-state index in [-0.39, 0.29) is 0 Å². The zero-order valence-electron chi connectivity index (χ0n) is 9.04. The van der Waals surface area contributed by atoms with Crippen molar-refractivity contribution in [3.05, 3.63) is 54.6 Å². The standard InChI is InChI=1S/C14H9N3/c1-2-12-10-17-9-8-15-14(17)13(16-12)11-6-4-3-5-7-11/h1,3-10H. The van der Waals surface area contributed by atoms with Crippen molar-refractivity contribution >= 4 is 5.65 Å². The molecule has 0 saturated heterocycles. The molecule has 3 rings (SSSR count). The van der Waals surface area contributed by atoms with Crippen LogP contribution in [-0.2, 0) is 0 Å². The van der Waals surface area contributed by atoms with E-state index in [9.17, 15) is 0 Å². The monoisotopic (exact) mass is 219 g/mol. The van der Waals surface area contributed by atoms with Gasteiger partial charge in [0.05, 0.1) is 0 Å². The quantitative estimate of drug-likeness (QED) is 0.588. The second-order valence-electron chi connectivity index (χ2n) is 3.64. The van der Waals surface area contributed by atoms with Gasteiger partial charge in [-0.1, -0.05) is 30.3 Å². The van der Waals surface area contributed by atoms with Gasteiger partial charge in [0.1, 0.15) is 11.4 Å². The van der Waals surface area contributed by atoms with Gasteiger partial charge in [-0.3, -0.25) is 0 Å². The average molecular weight is 219 g/mol. The Kier molecular flexibility index (Phi) is 2.13. The van der Waals surface area contributed by atoms with E-state index in [1.54, 1.807) is 12.4 Å². The number of terminal acetylenes is 1. The van der Waals surface area contributed by atoms with Crippen LogP contribution in [0.3, 0.4) is 0 Å². The van der Waals surface area contributed by atoms with Crippen molar-refractivity contribution in [3.63, 3.8) is 0 Å². The summed E-state index contributed by atoms with van der Waals surface area (Å²) < 4.78 is 1.89. The van der Waals surface area contributed by atoms with Crippen LogP contribution in [0.4, 0.5) is 0 Å². The fraction of sp³-hybridized carbons (Fsp3) is 0. The third-order valence-corrected chi connectivity index (χ3v) is 2.57. The topological polar surface area (TPSA) is 30.2 Å². The molecule has 0 fully saturated rings. The van der Waals surface area contributed by atoms with Gasteiger partial charge in [-0.05, 0) is 5.92 Å². The molecule has 0 radical (unpaired) electrons. The molecule has 1 aromatic carbocycles. The van der Waals surface area contributed by atoms with Gasteiger partial charge >= 0.3 is 0 Å². The van der Waals surface area contributed by atoms with Gasteiger partial charge in [-0.15, -0.1) is 6.42 Å². The minimum atomic E-state index is 0.606. The molecular weight excluding hydrogens is 210 g/mol. The van der Waals surface area contributed by atoms with Crippen LogP contribution in [0.1, 0.15) is 5.69 Å². The Morgan fingerprint density at radius 3 is 2.76 bits per heavy atom. The van der Waals surface area contributed by atoms with Crippen LogP contribution in [0, 0.1) is 12.3 Å². The lowest BCUT2D eigenvalue weighted by atomic mass is 10.1. The molecule has 0 unspecified atom stereocenters. The first-order chi connectivity index (χ1) is 8.38. The summed E-state index contributed by atoms with van der Waals surface area (Å²) in [6.45, 7) is 0. The number of nitrogens with zero attached hydrogens (tertiary/aromatic N) is 3. The van der Waals surface area contributed by atoms with Crippen molar-refractivity contribution in [1.82, 2.24) is 14.4 Å². The van der Waals surface area contributed by atoms with Gasteiger partial charge in [-0.2, -0.15) is 0 Å². The van der Waals surface area contributed by atoms with Crippen LogP contribution in [0.15, 0.2) is 48.9 Å². The lowest BCUT2D eigenvalue weighted by Crippen LogP contribution is -1.95. The summed E-state index contributed by atoms with van der Waals surface area (Å²) in [5, 5.41) is 0. The van der Waals surface area contributed by atoms with E-state index in [1.807, 2.05) is 40.9 Å². The van der Waals surface area contributed by atoms with E-state index in [1.165, 1.54) is 0 Å². The molecule has 2 aromatic heterocycles. The average Bonchev–Trinajstić information content (AvgIpc) is 2.86. The maximum absolute atomic E-state index is 5.41. The Balaban J connectivity index is 2.35. The number of hydrogen-bond acceptors (Lipinski definition) is 2. The molecule has 80 valence electrons. The summed E-state index contributed by atoms with van der Waals surface area (Å²) in [4.78, 5) is 8.74. The van der Waals surface area contributed by atoms with Crippen molar-refractivity contribution in [2.24, 2.45) is 0 Å². The molecule has 0 aliphatic heterocycles. The second kappa shape index (κ2) is 3.76. The molecule has 3 heteroatoms. The molecule has 0 aliphatic carbocycles. The predicted octanol–water partition coefficient (Wildman–Crippen LogP) is 2.38. The SMILES string of the molecule is C#Cc1cn2ccnc2c(-c2ccccc2)n1. The number of fused-ring (bicyclic) bond motifs is 1. The van der Waals surface area contributed by atoms with Crippen molar-refractivity contribution in [2.45, 2.75) is 0 Å². The molecule has 0 bridgehead atoms. The third-order valence-electron chi connectivity index (χ3n) is 2.57. The number of aromatic nitrogens is 3. The van der Waals surface area contributed by atoms with Gasteiger partial charge in [-0.25, -0.2) is 9.97 Å². The number of rotatable bonds is 1. The summed E-state index contributed by atoms with van der Waals surface area (Å²) in [5.74, 6) is 2.56. The number of benzene rings is 1. The van der Waals surface area contributed by atoms with Crippen molar-refractivity contribution in [1.29, 1.82) is 0 Å². The lowest BCUT2D eigenvalue weighted by molar-refractivity contribution is 1.11. The highest BCUT2D eigenvalue weighted by atomic mass is 15.0. The normalized spacial score (nSPS) is 10.3. The Bertz CT molecular complexity index is 705.